The molecule has 0 radical (unpaired) electrons. The van der Waals surface area contributed by atoms with Crippen molar-refractivity contribution in [2.75, 3.05) is 27.2 Å². The van der Waals surface area contributed by atoms with Gasteiger partial charge in [0.05, 0.1) is 0 Å². The maximum Gasteiger partial charge on any atom is 0.222 e. The van der Waals surface area contributed by atoms with Gasteiger partial charge in [-0.2, -0.15) is 0 Å². The minimum absolute atomic E-state index is 0. The van der Waals surface area contributed by atoms with Crippen LogP contribution in [0.4, 0.5) is 0 Å². The van der Waals surface area contributed by atoms with Gasteiger partial charge in [0.15, 0.2) is 0 Å². The number of nitrogens with one attached hydrogen (secondary N) is 1. The molecule has 0 bridgehead atoms. The highest BCUT2D eigenvalue weighted by molar-refractivity contribution is 5.85. The fraction of sp³-hybridized carbons (Fsp3) is 0.538. The van der Waals surface area contributed by atoms with E-state index in [1.54, 1.807) is 17.3 Å². The molecule has 4 nitrogen and oxygen atoms in total. The minimum atomic E-state index is 0. The fourth-order valence-corrected chi connectivity index (χ4v) is 1.58. The second kappa shape index (κ2) is 12.2. The van der Waals surface area contributed by atoms with Crippen molar-refractivity contribution in [2.45, 2.75) is 19.3 Å². The van der Waals surface area contributed by atoms with Gasteiger partial charge in [-0.25, -0.2) is 0 Å². The summed E-state index contributed by atoms with van der Waals surface area (Å²) in [7, 11) is 3.76. The Morgan fingerprint density at radius 3 is 2.53 bits per heavy atom. The monoisotopic (exact) mass is 307 g/mol. The van der Waals surface area contributed by atoms with Gasteiger partial charge >= 0.3 is 0 Å². The minimum Gasteiger partial charge on any atom is -0.345 e. The van der Waals surface area contributed by atoms with Crippen LogP contribution in [0.25, 0.3) is 0 Å². The second-order valence-corrected chi connectivity index (χ2v) is 4.13. The van der Waals surface area contributed by atoms with E-state index in [-0.39, 0.29) is 30.7 Å². The van der Waals surface area contributed by atoms with Crippen molar-refractivity contribution in [1.29, 1.82) is 0 Å². The van der Waals surface area contributed by atoms with Crippen LogP contribution in [0.1, 0.15) is 18.4 Å². The van der Waals surface area contributed by atoms with Crippen molar-refractivity contribution in [1.82, 2.24) is 15.2 Å². The normalized spacial score (nSPS) is 9.16. The molecule has 0 aliphatic carbocycles. The Labute approximate surface area is 127 Å². The predicted octanol–water partition coefficient (Wildman–Crippen LogP) is 1.93. The number of nitrogens with zero attached hydrogens (tertiary/aromatic N) is 2. The van der Waals surface area contributed by atoms with Crippen LogP contribution in [0.3, 0.4) is 0 Å². The summed E-state index contributed by atoms with van der Waals surface area (Å²) in [5.74, 6) is 0.217. The van der Waals surface area contributed by atoms with Gasteiger partial charge in [0.1, 0.15) is 0 Å². The van der Waals surface area contributed by atoms with Gasteiger partial charge in [-0.15, -0.1) is 24.8 Å². The van der Waals surface area contributed by atoms with Crippen molar-refractivity contribution in [3.05, 3.63) is 30.1 Å². The Kier molecular flexibility index (Phi) is 13.2. The molecule has 0 atom stereocenters. The third kappa shape index (κ3) is 8.81. The van der Waals surface area contributed by atoms with Crippen LogP contribution in [0.2, 0.25) is 0 Å². The Bertz CT molecular complexity index is 336. The van der Waals surface area contributed by atoms with Crippen molar-refractivity contribution in [2.24, 2.45) is 0 Å². The SMILES string of the molecule is CNCCCC(=O)N(C)CCc1ccncc1.Cl.Cl. The molecule has 19 heavy (non-hydrogen) atoms. The van der Waals surface area contributed by atoms with E-state index in [0.717, 1.165) is 25.9 Å². The van der Waals surface area contributed by atoms with Crippen molar-refractivity contribution in [3.8, 4) is 0 Å². The number of rotatable bonds is 7. The highest BCUT2D eigenvalue weighted by atomic mass is 35.5. The van der Waals surface area contributed by atoms with Crippen LogP contribution in [0, 0.1) is 0 Å². The molecule has 0 unspecified atom stereocenters. The van der Waals surface area contributed by atoms with Gasteiger partial charge in [0.25, 0.3) is 0 Å². The number of halogens is 2. The molecule has 1 aromatic heterocycles. The third-order valence-electron chi connectivity index (χ3n) is 2.73. The maximum atomic E-state index is 11.7. The first kappa shape index (κ1) is 20.5. The largest absolute Gasteiger partial charge is 0.345 e. The van der Waals surface area contributed by atoms with E-state index in [1.165, 1.54) is 5.56 Å². The van der Waals surface area contributed by atoms with E-state index < -0.39 is 0 Å². The Morgan fingerprint density at radius 2 is 1.95 bits per heavy atom. The van der Waals surface area contributed by atoms with Gasteiger partial charge in [0.2, 0.25) is 5.91 Å². The zero-order valence-electron chi connectivity index (χ0n) is 11.5. The zero-order valence-corrected chi connectivity index (χ0v) is 13.1. The van der Waals surface area contributed by atoms with Crippen LogP contribution in [-0.2, 0) is 11.2 Å². The number of carbonyl (C=O) groups is 1. The number of pyridine rings is 1. The molecule has 0 spiro atoms. The van der Waals surface area contributed by atoms with Gasteiger partial charge in [-0.3, -0.25) is 9.78 Å². The molecule has 0 fully saturated rings. The summed E-state index contributed by atoms with van der Waals surface area (Å²) in [6.07, 6.45) is 5.97. The molecule has 1 N–H and O–H groups in total. The second-order valence-electron chi connectivity index (χ2n) is 4.13. The number of hydrogen-bond acceptors (Lipinski definition) is 3. The number of hydrogen-bond donors (Lipinski definition) is 1. The first-order valence-corrected chi connectivity index (χ1v) is 6.01. The molecule has 0 aliphatic heterocycles. The topological polar surface area (TPSA) is 45.2 Å². The van der Waals surface area contributed by atoms with Crippen LogP contribution in [0.5, 0.6) is 0 Å². The van der Waals surface area contributed by atoms with Crippen LogP contribution >= 0.6 is 24.8 Å². The lowest BCUT2D eigenvalue weighted by molar-refractivity contribution is -0.129. The van der Waals surface area contributed by atoms with E-state index in [1.807, 2.05) is 26.2 Å². The quantitative estimate of drug-likeness (QED) is 0.783. The van der Waals surface area contributed by atoms with E-state index in [0.29, 0.717) is 6.42 Å². The van der Waals surface area contributed by atoms with Gasteiger partial charge in [0, 0.05) is 32.4 Å². The smallest absolute Gasteiger partial charge is 0.222 e. The standard InChI is InChI=1S/C13H21N3O.2ClH/c1-14-8-3-4-13(17)16(2)11-7-12-5-9-15-10-6-12;;/h5-6,9-10,14H,3-4,7-8,11H2,1-2H3;2*1H. The number of carbonyl (C=O) groups excluding carboxylic acids is 1. The third-order valence-corrected chi connectivity index (χ3v) is 2.73. The van der Waals surface area contributed by atoms with E-state index >= 15 is 0 Å². The fourth-order valence-electron chi connectivity index (χ4n) is 1.58. The molecule has 6 heteroatoms. The Morgan fingerprint density at radius 1 is 1.32 bits per heavy atom. The number of aromatic nitrogens is 1. The summed E-state index contributed by atoms with van der Waals surface area (Å²) in [6, 6.07) is 3.97. The average Bonchev–Trinajstić information content (AvgIpc) is 2.37. The van der Waals surface area contributed by atoms with Gasteiger partial charge < -0.3 is 10.2 Å². The Balaban J connectivity index is 0. The predicted molar refractivity (Wildman–Crippen MR) is 83.2 cm³/mol. The van der Waals surface area contributed by atoms with Gasteiger partial charge in [-0.1, -0.05) is 0 Å². The molecule has 0 aliphatic rings. The molecule has 1 rings (SSSR count). The van der Waals surface area contributed by atoms with Gasteiger partial charge in [-0.05, 0) is 44.1 Å². The molecule has 1 amide bonds. The summed E-state index contributed by atoms with van der Waals surface area (Å²) in [5.41, 5.74) is 1.22. The van der Waals surface area contributed by atoms with Crippen molar-refractivity contribution >= 4 is 30.7 Å². The zero-order chi connectivity index (χ0) is 12.5. The van der Waals surface area contributed by atoms with E-state index in [9.17, 15) is 4.79 Å². The molecule has 0 saturated heterocycles. The lowest BCUT2D eigenvalue weighted by Gasteiger charge is -2.17. The lowest BCUT2D eigenvalue weighted by Crippen LogP contribution is -2.29. The average molecular weight is 308 g/mol. The summed E-state index contributed by atoms with van der Waals surface area (Å²) in [5, 5.41) is 3.04. The highest BCUT2D eigenvalue weighted by Gasteiger charge is 2.07. The molecule has 0 aromatic carbocycles. The molecule has 0 saturated carbocycles. The molecular formula is C13H23Cl2N3O. The maximum absolute atomic E-state index is 11.7. The summed E-state index contributed by atoms with van der Waals surface area (Å²) in [6.45, 7) is 1.66. The summed E-state index contributed by atoms with van der Waals surface area (Å²) in [4.78, 5) is 17.5. The van der Waals surface area contributed by atoms with E-state index in [2.05, 4.69) is 10.3 Å². The lowest BCUT2D eigenvalue weighted by atomic mass is 10.2. The van der Waals surface area contributed by atoms with Crippen LogP contribution < -0.4 is 5.32 Å². The van der Waals surface area contributed by atoms with Crippen LogP contribution in [-0.4, -0.2) is 43.0 Å². The molecule has 1 aromatic rings. The molecule has 1 heterocycles. The van der Waals surface area contributed by atoms with E-state index in [4.69, 9.17) is 0 Å². The first-order valence-electron chi connectivity index (χ1n) is 6.01. The number of likely N-dealkylation sites (N-methyl/N-ethyl adjacent to an activating group) is 1. The highest BCUT2D eigenvalue weighted by Crippen LogP contribution is 2.01. The molecule has 110 valence electrons. The summed E-state index contributed by atoms with van der Waals surface area (Å²) < 4.78 is 0. The van der Waals surface area contributed by atoms with Crippen molar-refractivity contribution < 1.29 is 4.79 Å². The van der Waals surface area contributed by atoms with Crippen LogP contribution in [0.15, 0.2) is 24.5 Å². The molecular weight excluding hydrogens is 285 g/mol. The summed E-state index contributed by atoms with van der Waals surface area (Å²) >= 11 is 0. The Hall–Kier alpha value is -0.840. The van der Waals surface area contributed by atoms with Crippen molar-refractivity contribution in [3.63, 3.8) is 0 Å². The number of amides is 1. The first-order chi connectivity index (χ1) is 8.24.